The van der Waals surface area contributed by atoms with Crippen molar-refractivity contribution in [3.8, 4) is 11.4 Å². The van der Waals surface area contributed by atoms with Crippen LogP contribution in [-0.4, -0.2) is 21.4 Å². The molecule has 0 fully saturated rings. The van der Waals surface area contributed by atoms with Crippen molar-refractivity contribution < 1.29 is 22.3 Å². The molecule has 2 heterocycles. The van der Waals surface area contributed by atoms with Crippen LogP contribution in [0.1, 0.15) is 5.56 Å². The van der Waals surface area contributed by atoms with Crippen LogP contribution in [0.3, 0.4) is 0 Å². The normalized spacial score (nSPS) is 11.7. The van der Waals surface area contributed by atoms with Gasteiger partial charge in [-0.25, -0.2) is 9.18 Å². The monoisotopic (exact) mass is 355 g/mol. The zero-order chi connectivity index (χ0) is 18.2. The van der Waals surface area contributed by atoms with Gasteiger partial charge < -0.3 is 4.74 Å². The average Bonchev–Trinajstić information content (AvgIpc) is 2.54. The number of hydrogen-bond donors (Lipinski definition) is 1. The Balaban J connectivity index is 2.50. The highest BCUT2D eigenvalue weighted by molar-refractivity contribution is 5.86. The van der Waals surface area contributed by atoms with Crippen molar-refractivity contribution in [1.82, 2.24) is 14.5 Å². The number of alkyl halides is 4. The second-order valence-corrected chi connectivity index (χ2v) is 4.93. The Kier molecular flexibility index (Phi) is 4.03. The lowest BCUT2D eigenvalue weighted by molar-refractivity contribution is -0.137. The van der Waals surface area contributed by atoms with Gasteiger partial charge in [-0.05, 0) is 24.3 Å². The van der Waals surface area contributed by atoms with Crippen molar-refractivity contribution in [3.63, 3.8) is 0 Å². The highest BCUT2D eigenvalue weighted by Gasteiger charge is 2.33. The van der Waals surface area contributed by atoms with E-state index in [2.05, 4.69) is 9.72 Å². The number of fused-ring (bicyclic) bond motifs is 1. The van der Waals surface area contributed by atoms with Crippen molar-refractivity contribution >= 4 is 10.9 Å². The largest absolute Gasteiger partial charge is 0.462 e. The van der Waals surface area contributed by atoms with E-state index in [0.717, 1.165) is 4.57 Å². The minimum absolute atomic E-state index is 0.124. The third kappa shape index (κ3) is 2.97. The van der Waals surface area contributed by atoms with E-state index < -0.39 is 35.6 Å². The molecule has 130 valence electrons. The molecule has 0 spiro atoms. The van der Waals surface area contributed by atoms with Gasteiger partial charge in [0.15, 0.2) is 0 Å². The first kappa shape index (κ1) is 16.7. The molecule has 1 aromatic carbocycles. The van der Waals surface area contributed by atoms with E-state index in [1.165, 1.54) is 24.5 Å². The summed E-state index contributed by atoms with van der Waals surface area (Å²) in [7, 11) is 0. The number of aromatic amines is 1. The third-order valence-corrected chi connectivity index (χ3v) is 3.41. The van der Waals surface area contributed by atoms with Crippen molar-refractivity contribution in [3.05, 3.63) is 63.1 Å². The van der Waals surface area contributed by atoms with Crippen LogP contribution in [0.15, 0.2) is 46.2 Å². The van der Waals surface area contributed by atoms with Crippen LogP contribution in [0.2, 0.25) is 0 Å². The second kappa shape index (κ2) is 6.04. The first-order valence-corrected chi connectivity index (χ1v) is 6.82. The highest BCUT2D eigenvalue weighted by Crippen LogP contribution is 2.35. The SMILES string of the molecule is O=c1[nH]c(=O)n(-c2cccnc2)c2cc(C(F)(F)F)cc(OCF)c12. The molecule has 0 aliphatic rings. The van der Waals surface area contributed by atoms with E-state index in [0.29, 0.717) is 12.1 Å². The molecule has 1 N–H and O–H groups in total. The van der Waals surface area contributed by atoms with Crippen LogP contribution in [0.5, 0.6) is 5.75 Å². The molecule has 0 aliphatic heterocycles. The lowest BCUT2D eigenvalue weighted by Gasteiger charge is -2.15. The Morgan fingerprint density at radius 1 is 1.24 bits per heavy atom. The number of nitrogens with one attached hydrogen (secondary N) is 1. The van der Waals surface area contributed by atoms with Gasteiger partial charge in [0.2, 0.25) is 6.86 Å². The molecule has 0 aliphatic carbocycles. The summed E-state index contributed by atoms with van der Waals surface area (Å²) in [6.45, 7) is -1.44. The number of H-pyrrole nitrogens is 1. The smallest absolute Gasteiger partial charge is 0.416 e. The molecule has 0 radical (unpaired) electrons. The van der Waals surface area contributed by atoms with E-state index in [1.807, 2.05) is 4.98 Å². The average molecular weight is 355 g/mol. The summed E-state index contributed by atoms with van der Waals surface area (Å²) in [5, 5.41) is -0.380. The third-order valence-electron chi connectivity index (χ3n) is 3.41. The van der Waals surface area contributed by atoms with Crippen molar-refractivity contribution in [2.75, 3.05) is 6.86 Å². The Labute approximate surface area is 136 Å². The summed E-state index contributed by atoms with van der Waals surface area (Å²) in [6, 6.07) is 4.02. The summed E-state index contributed by atoms with van der Waals surface area (Å²) in [6.07, 6.45) is -2.16. The van der Waals surface area contributed by atoms with Gasteiger partial charge in [-0.2, -0.15) is 13.2 Å². The van der Waals surface area contributed by atoms with Crippen LogP contribution in [0.4, 0.5) is 17.6 Å². The number of halogens is 4. The maximum Gasteiger partial charge on any atom is 0.416 e. The number of aromatic nitrogens is 3. The molecule has 0 bridgehead atoms. The van der Waals surface area contributed by atoms with Gasteiger partial charge in [0, 0.05) is 6.20 Å². The van der Waals surface area contributed by atoms with E-state index in [-0.39, 0.29) is 16.6 Å². The zero-order valence-electron chi connectivity index (χ0n) is 12.3. The zero-order valence-corrected chi connectivity index (χ0v) is 12.3. The molecule has 0 saturated heterocycles. The van der Waals surface area contributed by atoms with Gasteiger partial charge >= 0.3 is 11.9 Å². The quantitative estimate of drug-likeness (QED) is 0.732. The summed E-state index contributed by atoms with van der Waals surface area (Å²) in [4.78, 5) is 30.0. The Hall–Kier alpha value is -3.17. The van der Waals surface area contributed by atoms with Gasteiger partial charge in [-0.1, -0.05) is 0 Å². The van der Waals surface area contributed by atoms with E-state index >= 15 is 0 Å². The Morgan fingerprint density at radius 3 is 2.60 bits per heavy atom. The second-order valence-electron chi connectivity index (χ2n) is 4.93. The molecule has 0 saturated carbocycles. The predicted molar refractivity (Wildman–Crippen MR) is 79.6 cm³/mol. The molecular weight excluding hydrogens is 346 g/mol. The first-order valence-electron chi connectivity index (χ1n) is 6.82. The van der Waals surface area contributed by atoms with Gasteiger partial charge in [0.1, 0.15) is 11.1 Å². The fourth-order valence-corrected chi connectivity index (χ4v) is 2.41. The molecule has 2 aromatic heterocycles. The predicted octanol–water partition coefficient (Wildman–Crippen LogP) is 2.40. The van der Waals surface area contributed by atoms with Crippen LogP contribution >= 0.6 is 0 Å². The van der Waals surface area contributed by atoms with Gasteiger partial charge in [0.25, 0.3) is 5.56 Å². The van der Waals surface area contributed by atoms with Gasteiger partial charge in [0.05, 0.1) is 23.0 Å². The lowest BCUT2D eigenvalue weighted by atomic mass is 10.1. The number of pyridine rings is 1. The fraction of sp³-hybridized carbons (Fsp3) is 0.133. The summed E-state index contributed by atoms with van der Waals surface area (Å²) in [5.74, 6) is -0.619. The van der Waals surface area contributed by atoms with Gasteiger partial charge in [-0.3, -0.25) is 19.3 Å². The molecule has 3 aromatic rings. The molecule has 0 atom stereocenters. The van der Waals surface area contributed by atoms with E-state index in [1.54, 1.807) is 0 Å². The minimum Gasteiger partial charge on any atom is -0.462 e. The minimum atomic E-state index is -4.79. The van der Waals surface area contributed by atoms with Crippen molar-refractivity contribution in [2.24, 2.45) is 0 Å². The summed E-state index contributed by atoms with van der Waals surface area (Å²) >= 11 is 0. The first-order chi connectivity index (χ1) is 11.8. The lowest BCUT2D eigenvalue weighted by Crippen LogP contribution is -2.30. The molecule has 0 amide bonds. The molecule has 0 unspecified atom stereocenters. The molecular formula is C15H9F4N3O3. The Morgan fingerprint density at radius 2 is 2.00 bits per heavy atom. The number of hydrogen-bond acceptors (Lipinski definition) is 4. The highest BCUT2D eigenvalue weighted by atomic mass is 19.4. The topological polar surface area (TPSA) is 77.0 Å². The van der Waals surface area contributed by atoms with E-state index in [9.17, 15) is 27.2 Å². The van der Waals surface area contributed by atoms with Crippen LogP contribution < -0.4 is 16.0 Å². The maximum absolute atomic E-state index is 13.1. The number of benzene rings is 1. The van der Waals surface area contributed by atoms with Crippen molar-refractivity contribution in [2.45, 2.75) is 6.18 Å². The fourth-order valence-electron chi connectivity index (χ4n) is 2.41. The standard InChI is InChI=1S/C15H9F4N3O3/c16-7-25-11-5-8(15(17,18)19)4-10-12(11)13(23)21-14(24)22(10)9-2-1-3-20-6-9/h1-6H,7H2,(H,21,23,24). The van der Waals surface area contributed by atoms with E-state index in [4.69, 9.17) is 0 Å². The molecule has 10 heteroatoms. The van der Waals surface area contributed by atoms with Crippen LogP contribution in [0.25, 0.3) is 16.6 Å². The number of ether oxygens (including phenoxy) is 1. The molecule has 6 nitrogen and oxygen atoms in total. The van der Waals surface area contributed by atoms with Crippen LogP contribution in [-0.2, 0) is 6.18 Å². The molecule has 25 heavy (non-hydrogen) atoms. The number of nitrogens with zero attached hydrogens (tertiary/aromatic N) is 2. The van der Waals surface area contributed by atoms with Gasteiger partial charge in [-0.15, -0.1) is 0 Å². The summed E-state index contributed by atoms with van der Waals surface area (Å²) < 4.78 is 57.4. The van der Waals surface area contributed by atoms with Crippen molar-refractivity contribution in [1.29, 1.82) is 0 Å². The molecule has 3 rings (SSSR count). The Bertz CT molecular complexity index is 1040. The maximum atomic E-state index is 13.1. The summed E-state index contributed by atoms with van der Waals surface area (Å²) in [5.41, 5.74) is -3.39. The van der Waals surface area contributed by atoms with Crippen LogP contribution in [0, 0.1) is 0 Å². The number of rotatable bonds is 3.